The average molecular weight is 342 g/mol. The van der Waals surface area contributed by atoms with Crippen molar-refractivity contribution in [2.24, 2.45) is 10.2 Å². The molecular weight excluding hydrogens is 328 g/mol. The summed E-state index contributed by atoms with van der Waals surface area (Å²) >= 11 is 0. The summed E-state index contributed by atoms with van der Waals surface area (Å²) in [6, 6.07) is 15.1. The Labute approximate surface area is 138 Å². The van der Waals surface area contributed by atoms with Crippen LogP contribution in [0.2, 0.25) is 0 Å². The minimum atomic E-state index is -3.70. The first-order valence-electron chi connectivity index (χ1n) is 6.95. The van der Waals surface area contributed by atoms with E-state index in [1.165, 1.54) is 18.3 Å². The van der Waals surface area contributed by atoms with Crippen LogP contribution in [0.1, 0.15) is 5.76 Å². The van der Waals surface area contributed by atoms with Crippen molar-refractivity contribution < 1.29 is 12.8 Å². The smallest absolute Gasteiger partial charge is 0.238 e. The van der Waals surface area contributed by atoms with Crippen LogP contribution < -0.4 is 10.6 Å². The standard InChI is InChI=1S/C16H14N4O3S/c17-24(21,22)14-7-4-12(5-8-14)15-9-6-13(23-15)11-19-20-16-3-1-2-10-18-16/h1-11H,(H,18,20)(H2,17,21,22)/b19-11-. The highest BCUT2D eigenvalue weighted by molar-refractivity contribution is 7.89. The summed E-state index contributed by atoms with van der Waals surface area (Å²) in [5.41, 5.74) is 3.52. The van der Waals surface area contributed by atoms with Gasteiger partial charge in [0.1, 0.15) is 17.3 Å². The van der Waals surface area contributed by atoms with Crippen molar-refractivity contribution in [3.8, 4) is 11.3 Å². The highest BCUT2D eigenvalue weighted by Gasteiger charge is 2.09. The third kappa shape index (κ3) is 3.86. The maximum Gasteiger partial charge on any atom is 0.238 e. The number of nitrogens with zero attached hydrogens (tertiary/aromatic N) is 2. The van der Waals surface area contributed by atoms with Gasteiger partial charge in [-0.1, -0.05) is 6.07 Å². The van der Waals surface area contributed by atoms with Crippen molar-refractivity contribution in [3.63, 3.8) is 0 Å². The van der Waals surface area contributed by atoms with Crippen LogP contribution in [0.3, 0.4) is 0 Å². The van der Waals surface area contributed by atoms with Crippen molar-refractivity contribution in [1.82, 2.24) is 4.98 Å². The number of pyridine rings is 1. The number of aromatic nitrogens is 1. The van der Waals surface area contributed by atoms with E-state index in [1.807, 2.05) is 12.1 Å². The molecule has 24 heavy (non-hydrogen) atoms. The minimum Gasteiger partial charge on any atom is -0.455 e. The van der Waals surface area contributed by atoms with Gasteiger partial charge in [0.2, 0.25) is 10.0 Å². The first-order chi connectivity index (χ1) is 11.5. The molecule has 0 saturated heterocycles. The Bertz CT molecular complexity index is 949. The number of furan rings is 1. The summed E-state index contributed by atoms with van der Waals surface area (Å²) < 4.78 is 28.1. The highest BCUT2D eigenvalue weighted by atomic mass is 32.2. The lowest BCUT2D eigenvalue weighted by atomic mass is 10.2. The molecule has 0 saturated carbocycles. The summed E-state index contributed by atoms with van der Waals surface area (Å²) in [5.74, 6) is 1.76. The summed E-state index contributed by atoms with van der Waals surface area (Å²) in [6.45, 7) is 0. The Hall–Kier alpha value is -2.97. The van der Waals surface area contributed by atoms with Gasteiger partial charge in [0, 0.05) is 11.8 Å². The molecule has 0 aliphatic rings. The molecule has 0 bridgehead atoms. The molecule has 1 aromatic carbocycles. The fraction of sp³-hybridized carbons (Fsp3) is 0. The number of benzene rings is 1. The lowest BCUT2D eigenvalue weighted by Crippen LogP contribution is -2.11. The number of hydrogen-bond donors (Lipinski definition) is 2. The lowest BCUT2D eigenvalue weighted by molar-refractivity contribution is 0.575. The number of hydrazone groups is 1. The van der Waals surface area contributed by atoms with Crippen LogP contribution in [0, 0.1) is 0 Å². The number of rotatable bonds is 5. The van der Waals surface area contributed by atoms with Crippen molar-refractivity contribution in [2.45, 2.75) is 4.90 Å². The molecule has 122 valence electrons. The van der Waals surface area contributed by atoms with Gasteiger partial charge in [-0.05, 0) is 48.5 Å². The van der Waals surface area contributed by atoms with E-state index in [0.29, 0.717) is 17.3 Å². The molecule has 0 amide bonds. The Kier molecular flexibility index (Phi) is 4.41. The molecule has 2 heterocycles. The maximum absolute atomic E-state index is 11.2. The fourth-order valence-electron chi connectivity index (χ4n) is 1.98. The number of nitrogens with two attached hydrogens (primary N) is 1. The van der Waals surface area contributed by atoms with E-state index in [-0.39, 0.29) is 4.90 Å². The summed E-state index contributed by atoms with van der Waals surface area (Å²) in [5, 5.41) is 9.11. The molecule has 0 aliphatic carbocycles. The number of primary sulfonamides is 1. The molecule has 2 aromatic heterocycles. The van der Waals surface area contributed by atoms with Gasteiger partial charge in [-0.3, -0.25) is 5.43 Å². The van der Waals surface area contributed by atoms with E-state index in [2.05, 4.69) is 15.5 Å². The first-order valence-corrected chi connectivity index (χ1v) is 8.50. The zero-order valence-corrected chi connectivity index (χ0v) is 13.3. The molecule has 0 fully saturated rings. The Balaban J connectivity index is 1.71. The molecule has 0 unspecified atom stereocenters. The third-order valence-electron chi connectivity index (χ3n) is 3.13. The van der Waals surface area contributed by atoms with Gasteiger partial charge in [-0.15, -0.1) is 0 Å². The number of sulfonamides is 1. The van der Waals surface area contributed by atoms with Crippen LogP contribution in [0.25, 0.3) is 11.3 Å². The van der Waals surface area contributed by atoms with E-state index in [1.54, 1.807) is 36.5 Å². The van der Waals surface area contributed by atoms with Crippen molar-refractivity contribution in [2.75, 3.05) is 5.43 Å². The molecule has 7 nitrogen and oxygen atoms in total. The molecule has 3 N–H and O–H groups in total. The summed E-state index contributed by atoms with van der Waals surface area (Å²) in [7, 11) is -3.70. The van der Waals surface area contributed by atoms with Crippen LogP contribution >= 0.6 is 0 Å². The van der Waals surface area contributed by atoms with Gasteiger partial charge < -0.3 is 4.42 Å². The molecule has 0 aliphatic heterocycles. The summed E-state index contributed by atoms with van der Waals surface area (Å²) in [4.78, 5) is 4.13. The predicted molar refractivity (Wildman–Crippen MR) is 91.0 cm³/mol. The normalized spacial score (nSPS) is 11.7. The van der Waals surface area contributed by atoms with Crippen LogP contribution in [-0.2, 0) is 10.0 Å². The number of hydrogen-bond acceptors (Lipinski definition) is 6. The topological polar surface area (TPSA) is 111 Å². The van der Waals surface area contributed by atoms with Gasteiger partial charge in [0.25, 0.3) is 0 Å². The molecule has 8 heteroatoms. The largest absolute Gasteiger partial charge is 0.455 e. The van der Waals surface area contributed by atoms with Crippen molar-refractivity contribution >= 4 is 22.1 Å². The van der Waals surface area contributed by atoms with E-state index in [9.17, 15) is 8.42 Å². The van der Waals surface area contributed by atoms with Crippen LogP contribution in [0.4, 0.5) is 5.82 Å². The second kappa shape index (κ2) is 6.65. The predicted octanol–water partition coefficient (Wildman–Crippen LogP) is 2.44. The molecule has 0 spiro atoms. The Morgan fingerprint density at radius 2 is 1.88 bits per heavy atom. The second-order valence-corrected chi connectivity index (χ2v) is 6.42. The summed E-state index contributed by atoms with van der Waals surface area (Å²) in [6.07, 6.45) is 3.19. The van der Waals surface area contributed by atoms with Crippen LogP contribution in [0.15, 0.2) is 75.2 Å². The average Bonchev–Trinajstić information content (AvgIpc) is 3.04. The van der Waals surface area contributed by atoms with E-state index in [0.717, 1.165) is 5.56 Å². The first kappa shape index (κ1) is 15.9. The molecule has 0 radical (unpaired) electrons. The molecular formula is C16H14N4O3S. The van der Waals surface area contributed by atoms with Crippen molar-refractivity contribution in [3.05, 3.63) is 66.6 Å². The van der Waals surface area contributed by atoms with Gasteiger partial charge in [0.05, 0.1) is 11.1 Å². The maximum atomic E-state index is 11.2. The van der Waals surface area contributed by atoms with Crippen LogP contribution in [0.5, 0.6) is 0 Å². The van der Waals surface area contributed by atoms with Gasteiger partial charge >= 0.3 is 0 Å². The monoisotopic (exact) mass is 342 g/mol. The second-order valence-electron chi connectivity index (χ2n) is 4.86. The molecule has 3 rings (SSSR count). The van der Waals surface area contributed by atoms with Crippen molar-refractivity contribution in [1.29, 1.82) is 0 Å². The molecule has 3 aromatic rings. The van der Waals surface area contributed by atoms with Gasteiger partial charge in [-0.25, -0.2) is 18.5 Å². The number of nitrogens with one attached hydrogen (secondary N) is 1. The molecule has 0 atom stereocenters. The fourth-order valence-corrected chi connectivity index (χ4v) is 2.49. The quantitative estimate of drug-likeness (QED) is 0.546. The van der Waals surface area contributed by atoms with E-state index >= 15 is 0 Å². The van der Waals surface area contributed by atoms with Crippen LogP contribution in [-0.4, -0.2) is 19.6 Å². The Morgan fingerprint density at radius 3 is 2.54 bits per heavy atom. The Morgan fingerprint density at radius 1 is 1.08 bits per heavy atom. The number of anilines is 1. The minimum absolute atomic E-state index is 0.0548. The zero-order chi connectivity index (χ0) is 17.0. The lowest BCUT2D eigenvalue weighted by Gasteiger charge is -2.00. The van der Waals surface area contributed by atoms with E-state index < -0.39 is 10.0 Å². The zero-order valence-electron chi connectivity index (χ0n) is 12.5. The van der Waals surface area contributed by atoms with Gasteiger partial charge in [-0.2, -0.15) is 5.10 Å². The SMILES string of the molecule is NS(=O)(=O)c1ccc(-c2ccc(/C=N\Nc3ccccn3)o2)cc1. The third-order valence-corrected chi connectivity index (χ3v) is 4.06. The van der Waals surface area contributed by atoms with Gasteiger partial charge in [0.15, 0.2) is 0 Å². The van der Waals surface area contributed by atoms with E-state index in [4.69, 9.17) is 9.56 Å². The highest BCUT2D eigenvalue weighted by Crippen LogP contribution is 2.22.